The summed E-state index contributed by atoms with van der Waals surface area (Å²) in [5, 5.41) is 2.90. The lowest BCUT2D eigenvalue weighted by Crippen LogP contribution is -2.12. The lowest BCUT2D eigenvalue weighted by Gasteiger charge is -2.12. The number of carbonyl (C=O) groups excluding carboxylic acids is 1. The van der Waals surface area contributed by atoms with Gasteiger partial charge in [0.2, 0.25) is 0 Å². The standard InChI is InChI=1S/C17H18BrNO3/c1-10-5-11(2)7-13(6-10)19-17(20)12-8-14(21-3)16(18)15(9-12)22-4/h5-9H,1-4H3,(H,19,20). The maximum absolute atomic E-state index is 12.4. The van der Waals surface area contributed by atoms with Gasteiger partial charge in [0.25, 0.3) is 5.91 Å². The van der Waals surface area contributed by atoms with Crippen LogP contribution in [-0.2, 0) is 0 Å². The monoisotopic (exact) mass is 363 g/mol. The molecule has 22 heavy (non-hydrogen) atoms. The molecule has 0 unspecified atom stereocenters. The summed E-state index contributed by atoms with van der Waals surface area (Å²) in [4.78, 5) is 12.4. The average Bonchev–Trinajstić information content (AvgIpc) is 2.46. The number of amides is 1. The van der Waals surface area contributed by atoms with E-state index >= 15 is 0 Å². The fourth-order valence-corrected chi connectivity index (χ4v) is 2.80. The van der Waals surface area contributed by atoms with Crippen molar-refractivity contribution in [3.05, 3.63) is 51.5 Å². The number of carbonyl (C=O) groups is 1. The lowest BCUT2D eigenvalue weighted by atomic mass is 10.1. The van der Waals surface area contributed by atoms with E-state index in [1.807, 2.05) is 26.0 Å². The van der Waals surface area contributed by atoms with Crippen LogP contribution < -0.4 is 14.8 Å². The van der Waals surface area contributed by atoms with Gasteiger partial charge in [0.05, 0.1) is 14.2 Å². The van der Waals surface area contributed by atoms with Crippen molar-refractivity contribution < 1.29 is 14.3 Å². The number of nitrogens with one attached hydrogen (secondary N) is 1. The molecular weight excluding hydrogens is 346 g/mol. The van der Waals surface area contributed by atoms with Gasteiger partial charge in [-0.25, -0.2) is 0 Å². The van der Waals surface area contributed by atoms with E-state index in [0.29, 0.717) is 21.5 Å². The summed E-state index contributed by atoms with van der Waals surface area (Å²) >= 11 is 3.39. The molecule has 0 saturated carbocycles. The molecule has 5 heteroatoms. The molecule has 0 bridgehead atoms. The van der Waals surface area contributed by atoms with Crippen LogP contribution in [0.25, 0.3) is 0 Å². The van der Waals surface area contributed by atoms with E-state index in [9.17, 15) is 4.79 Å². The summed E-state index contributed by atoms with van der Waals surface area (Å²) in [5.74, 6) is 0.879. The second kappa shape index (κ2) is 6.83. The van der Waals surface area contributed by atoms with Gasteiger partial charge in [-0.1, -0.05) is 6.07 Å². The summed E-state index contributed by atoms with van der Waals surface area (Å²) in [7, 11) is 3.09. The van der Waals surface area contributed by atoms with Crippen molar-refractivity contribution in [2.45, 2.75) is 13.8 Å². The van der Waals surface area contributed by atoms with Crippen LogP contribution in [0.3, 0.4) is 0 Å². The molecule has 0 radical (unpaired) electrons. The lowest BCUT2D eigenvalue weighted by molar-refractivity contribution is 0.102. The first-order valence-corrected chi connectivity index (χ1v) is 7.55. The van der Waals surface area contributed by atoms with Gasteiger partial charge in [-0.3, -0.25) is 4.79 Å². The highest BCUT2D eigenvalue weighted by atomic mass is 79.9. The first kappa shape index (κ1) is 16.4. The van der Waals surface area contributed by atoms with Crippen LogP contribution in [-0.4, -0.2) is 20.1 Å². The Hall–Kier alpha value is -2.01. The number of aryl methyl sites for hydroxylation is 2. The quantitative estimate of drug-likeness (QED) is 0.878. The molecule has 0 saturated heterocycles. The van der Waals surface area contributed by atoms with Crippen LogP contribution in [0.1, 0.15) is 21.5 Å². The van der Waals surface area contributed by atoms with E-state index in [2.05, 4.69) is 27.3 Å². The van der Waals surface area contributed by atoms with E-state index in [0.717, 1.165) is 16.8 Å². The molecule has 2 aromatic rings. The third-order valence-corrected chi connectivity index (χ3v) is 3.97. The van der Waals surface area contributed by atoms with Crippen molar-refractivity contribution in [3.8, 4) is 11.5 Å². The summed E-state index contributed by atoms with van der Waals surface area (Å²) in [6.45, 7) is 3.99. The Kier molecular flexibility index (Phi) is 5.08. The number of anilines is 1. The first-order valence-electron chi connectivity index (χ1n) is 6.75. The van der Waals surface area contributed by atoms with Gasteiger partial charge < -0.3 is 14.8 Å². The molecular formula is C17H18BrNO3. The highest BCUT2D eigenvalue weighted by molar-refractivity contribution is 9.10. The summed E-state index contributed by atoms with van der Waals surface area (Å²) in [6, 6.07) is 9.26. The number of methoxy groups -OCH3 is 2. The number of halogens is 1. The number of rotatable bonds is 4. The summed E-state index contributed by atoms with van der Waals surface area (Å²) in [5.41, 5.74) is 3.43. The minimum Gasteiger partial charge on any atom is -0.495 e. The van der Waals surface area contributed by atoms with Crippen LogP contribution in [0.15, 0.2) is 34.8 Å². The molecule has 2 aromatic carbocycles. The molecule has 0 heterocycles. The van der Waals surface area contributed by atoms with E-state index in [4.69, 9.17) is 9.47 Å². The molecule has 0 aliphatic rings. The maximum atomic E-state index is 12.4. The number of hydrogen-bond acceptors (Lipinski definition) is 3. The van der Waals surface area contributed by atoms with Crippen LogP contribution in [0.5, 0.6) is 11.5 Å². The van der Waals surface area contributed by atoms with Gasteiger partial charge in [0.15, 0.2) is 0 Å². The van der Waals surface area contributed by atoms with Gasteiger partial charge in [-0.2, -0.15) is 0 Å². The van der Waals surface area contributed by atoms with E-state index in [-0.39, 0.29) is 5.91 Å². The maximum Gasteiger partial charge on any atom is 0.255 e. The minimum absolute atomic E-state index is 0.214. The number of hydrogen-bond donors (Lipinski definition) is 1. The van der Waals surface area contributed by atoms with Crippen LogP contribution in [0.4, 0.5) is 5.69 Å². The van der Waals surface area contributed by atoms with Crippen molar-refractivity contribution in [3.63, 3.8) is 0 Å². The second-order valence-corrected chi connectivity index (χ2v) is 5.82. The predicted molar refractivity (Wildman–Crippen MR) is 91.1 cm³/mol. The molecule has 0 aromatic heterocycles. The number of ether oxygens (including phenoxy) is 2. The van der Waals surface area contributed by atoms with Gasteiger partial charge in [-0.05, 0) is 65.2 Å². The fraction of sp³-hybridized carbons (Fsp3) is 0.235. The topological polar surface area (TPSA) is 47.6 Å². The third kappa shape index (κ3) is 3.60. The average molecular weight is 364 g/mol. The minimum atomic E-state index is -0.214. The zero-order valence-electron chi connectivity index (χ0n) is 13.0. The Bertz CT molecular complexity index is 668. The zero-order valence-corrected chi connectivity index (χ0v) is 14.6. The fourth-order valence-electron chi connectivity index (χ4n) is 2.25. The third-order valence-electron chi connectivity index (χ3n) is 3.19. The SMILES string of the molecule is COc1cc(C(=O)Nc2cc(C)cc(C)c2)cc(OC)c1Br. The van der Waals surface area contributed by atoms with Gasteiger partial charge in [0, 0.05) is 11.3 Å². The molecule has 4 nitrogen and oxygen atoms in total. The van der Waals surface area contributed by atoms with E-state index < -0.39 is 0 Å². The van der Waals surface area contributed by atoms with Crippen molar-refractivity contribution in [1.82, 2.24) is 0 Å². The van der Waals surface area contributed by atoms with Gasteiger partial charge in [-0.15, -0.1) is 0 Å². The Morgan fingerprint density at radius 3 is 1.91 bits per heavy atom. The number of benzene rings is 2. The van der Waals surface area contributed by atoms with Crippen molar-refractivity contribution in [2.75, 3.05) is 19.5 Å². The summed E-state index contributed by atoms with van der Waals surface area (Å²) < 4.78 is 11.2. The molecule has 0 aliphatic carbocycles. The Balaban J connectivity index is 2.33. The Labute approximate surface area is 138 Å². The van der Waals surface area contributed by atoms with E-state index in [1.165, 1.54) is 0 Å². The summed E-state index contributed by atoms with van der Waals surface area (Å²) in [6.07, 6.45) is 0. The van der Waals surface area contributed by atoms with Crippen LogP contribution in [0, 0.1) is 13.8 Å². The predicted octanol–water partition coefficient (Wildman–Crippen LogP) is 4.34. The normalized spacial score (nSPS) is 10.2. The second-order valence-electron chi connectivity index (χ2n) is 5.03. The molecule has 0 atom stereocenters. The van der Waals surface area contributed by atoms with E-state index in [1.54, 1.807) is 26.4 Å². The van der Waals surface area contributed by atoms with Gasteiger partial charge >= 0.3 is 0 Å². The first-order chi connectivity index (χ1) is 10.4. The molecule has 116 valence electrons. The zero-order chi connectivity index (χ0) is 16.3. The highest BCUT2D eigenvalue weighted by Crippen LogP contribution is 2.35. The molecule has 0 fully saturated rings. The highest BCUT2D eigenvalue weighted by Gasteiger charge is 2.15. The van der Waals surface area contributed by atoms with Crippen LogP contribution >= 0.6 is 15.9 Å². The Morgan fingerprint density at radius 2 is 1.45 bits per heavy atom. The van der Waals surface area contributed by atoms with Crippen molar-refractivity contribution >= 4 is 27.5 Å². The molecule has 0 aliphatic heterocycles. The smallest absolute Gasteiger partial charge is 0.255 e. The Morgan fingerprint density at radius 1 is 0.955 bits per heavy atom. The van der Waals surface area contributed by atoms with Crippen LogP contribution in [0.2, 0.25) is 0 Å². The van der Waals surface area contributed by atoms with Crippen molar-refractivity contribution in [2.24, 2.45) is 0 Å². The van der Waals surface area contributed by atoms with Gasteiger partial charge in [0.1, 0.15) is 16.0 Å². The molecule has 0 spiro atoms. The van der Waals surface area contributed by atoms with Crippen molar-refractivity contribution in [1.29, 1.82) is 0 Å². The molecule has 1 amide bonds. The molecule has 1 N–H and O–H groups in total. The largest absolute Gasteiger partial charge is 0.495 e. The molecule has 2 rings (SSSR count).